The molecule has 19 heavy (non-hydrogen) atoms. The molecule has 0 bridgehead atoms. The second kappa shape index (κ2) is 7.04. The maximum atomic E-state index is 5.87. The van der Waals surface area contributed by atoms with E-state index in [2.05, 4.69) is 15.9 Å². The van der Waals surface area contributed by atoms with Gasteiger partial charge in [-0.25, -0.2) is 0 Å². The second-order valence-corrected chi connectivity index (χ2v) is 5.54. The molecule has 0 fully saturated rings. The highest BCUT2D eigenvalue weighted by Crippen LogP contribution is 2.24. The van der Waals surface area contributed by atoms with E-state index < -0.39 is 0 Å². The third-order valence-corrected chi connectivity index (χ3v) is 3.24. The van der Waals surface area contributed by atoms with E-state index in [4.69, 9.17) is 32.7 Å². The Kier molecular flexibility index (Phi) is 5.37. The Morgan fingerprint density at radius 1 is 0.789 bits per heavy atom. The molecule has 0 aliphatic carbocycles. The van der Waals surface area contributed by atoms with E-state index in [0.29, 0.717) is 29.0 Å². The van der Waals surface area contributed by atoms with Crippen molar-refractivity contribution < 1.29 is 9.47 Å². The predicted octanol–water partition coefficient (Wildman–Crippen LogP) is 5.21. The molecule has 0 aliphatic rings. The summed E-state index contributed by atoms with van der Waals surface area (Å²) in [6.45, 7) is 0.874. The Morgan fingerprint density at radius 3 is 1.89 bits per heavy atom. The molecule has 0 unspecified atom stereocenters. The number of benzene rings is 2. The fourth-order valence-electron chi connectivity index (χ4n) is 1.46. The summed E-state index contributed by atoms with van der Waals surface area (Å²) in [4.78, 5) is 0. The fourth-order valence-corrected chi connectivity index (χ4v) is 2.23. The summed E-state index contributed by atoms with van der Waals surface area (Å²) in [6, 6.07) is 12.7. The van der Waals surface area contributed by atoms with E-state index in [9.17, 15) is 0 Å². The molecule has 0 heterocycles. The molecule has 2 aromatic rings. The molecule has 100 valence electrons. The van der Waals surface area contributed by atoms with E-state index in [1.165, 1.54) is 0 Å². The number of hydrogen-bond donors (Lipinski definition) is 0. The molecule has 2 nitrogen and oxygen atoms in total. The van der Waals surface area contributed by atoms with E-state index in [0.717, 1.165) is 10.2 Å². The van der Waals surface area contributed by atoms with Gasteiger partial charge < -0.3 is 9.47 Å². The minimum absolute atomic E-state index is 0.423. The third-order valence-electron chi connectivity index (χ3n) is 2.27. The number of rotatable bonds is 5. The molecule has 0 spiro atoms. The van der Waals surface area contributed by atoms with Crippen LogP contribution < -0.4 is 9.47 Å². The van der Waals surface area contributed by atoms with Crippen LogP contribution >= 0.6 is 39.1 Å². The van der Waals surface area contributed by atoms with Gasteiger partial charge in [0.25, 0.3) is 0 Å². The normalized spacial score (nSPS) is 10.3. The van der Waals surface area contributed by atoms with Gasteiger partial charge in [-0.1, -0.05) is 39.1 Å². The second-order valence-electron chi connectivity index (χ2n) is 3.76. The minimum atomic E-state index is 0.423. The lowest BCUT2D eigenvalue weighted by Gasteiger charge is -2.09. The number of halogens is 3. The van der Waals surface area contributed by atoms with Crippen LogP contribution in [0.25, 0.3) is 0 Å². The van der Waals surface area contributed by atoms with Crippen molar-refractivity contribution in [2.45, 2.75) is 0 Å². The van der Waals surface area contributed by atoms with E-state index >= 15 is 0 Å². The Hall–Kier alpha value is -0.900. The van der Waals surface area contributed by atoms with Gasteiger partial charge in [0, 0.05) is 14.5 Å². The highest BCUT2D eigenvalue weighted by Gasteiger charge is 1.99. The van der Waals surface area contributed by atoms with Crippen LogP contribution in [0.1, 0.15) is 0 Å². The van der Waals surface area contributed by atoms with Crippen molar-refractivity contribution in [2.75, 3.05) is 13.2 Å². The first-order chi connectivity index (χ1) is 9.13. The molecule has 0 aliphatic heterocycles. The van der Waals surface area contributed by atoms with E-state index in [1.54, 1.807) is 18.2 Å². The molecular weight excluding hydrogens is 351 g/mol. The lowest BCUT2D eigenvalue weighted by atomic mass is 10.3. The Labute approximate surface area is 130 Å². The highest BCUT2D eigenvalue weighted by molar-refractivity contribution is 9.10. The smallest absolute Gasteiger partial charge is 0.122 e. The van der Waals surface area contributed by atoms with Crippen LogP contribution in [0.5, 0.6) is 11.5 Å². The van der Waals surface area contributed by atoms with E-state index in [1.807, 2.05) is 24.3 Å². The van der Waals surface area contributed by atoms with Crippen LogP contribution in [0.4, 0.5) is 0 Å². The SMILES string of the molecule is Clc1cc(Cl)cc(OCCOc2ccc(Br)cc2)c1. The van der Waals surface area contributed by atoms with Gasteiger partial charge in [0.15, 0.2) is 0 Å². The van der Waals surface area contributed by atoms with Gasteiger partial charge in [-0.2, -0.15) is 0 Å². The fraction of sp³-hybridized carbons (Fsp3) is 0.143. The first-order valence-electron chi connectivity index (χ1n) is 5.61. The Morgan fingerprint density at radius 2 is 1.32 bits per heavy atom. The number of ether oxygens (including phenoxy) is 2. The Balaban J connectivity index is 1.79. The molecular formula is C14H11BrCl2O2. The van der Waals surface area contributed by atoms with E-state index in [-0.39, 0.29) is 0 Å². The molecule has 2 aromatic carbocycles. The van der Waals surface area contributed by atoms with Crippen molar-refractivity contribution in [1.82, 2.24) is 0 Å². The molecule has 0 atom stereocenters. The van der Waals surface area contributed by atoms with Crippen LogP contribution in [-0.4, -0.2) is 13.2 Å². The average molecular weight is 362 g/mol. The van der Waals surface area contributed by atoms with Gasteiger partial charge in [-0.3, -0.25) is 0 Å². The summed E-state index contributed by atoms with van der Waals surface area (Å²) < 4.78 is 12.1. The molecule has 0 saturated heterocycles. The van der Waals surface area contributed by atoms with Gasteiger partial charge >= 0.3 is 0 Å². The van der Waals surface area contributed by atoms with Crippen LogP contribution in [0.15, 0.2) is 46.9 Å². The first-order valence-corrected chi connectivity index (χ1v) is 7.15. The van der Waals surface area contributed by atoms with Gasteiger partial charge in [0.2, 0.25) is 0 Å². The summed E-state index contributed by atoms with van der Waals surface area (Å²) in [5.74, 6) is 1.44. The minimum Gasteiger partial charge on any atom is -0.490 e. The molecule has 0 amide bonds. The summed E-state index contributed by atoms with van der Waals surface area (Å²) in [5, 5.41) is 1.10. The van der Waals surface area contributed by atoms with Crippen molar-refractivity contribution in [3.8, 4) is 11.5 Å². The highest BCUT2D eigenvalue weighted by atomic mass is 79.9. The zero-order chi connectivity index (χ0) is 13.7. The van der Waals surface area contributed by atoms with Crippen LogP contribution in [0, 0.1) is 0 Å². The maximum Gasteiger partial charge on any atom is 0.122 e. The lowest BCUT2D eigenvalue weighted by molar-refractivity contribution is 0.217. The van der Waals surface area contributed by atoms with Crippen LogP contribution in [-0.2, 0) is 0 Å². The predicted molar refractivity (Wildman–Crippen MR) is 81.6 cm³/mol. The van der Waals surface area contributed by atoms with Crippen molar-refractivity contribution in [2.24, 2.45) is 0 Å². The monoisotopic (exact) mass is 360 g/mol. The van der Waals surface area contributed by atoms with Gasteiger partial charge in [0.05, 0.1) is 0 Å². The molecule has 5 heteroatoms. The van der Waals surface area contributed by atoms with Gasteiger partial charge in [0.1, 0.15) is 24.7 Å². The Bertz CT molecular complexity index is 523. The molecule has 0 radical (unpaired) electrons. The van der Waals surface area contributed by atoms with Gasteiger partial charge in [-0.05, 0) is 42.5 Å². The largest absolute Gasteiger partial charge is 0.490 e. The summed E-state index contributed by atoms with van der Waals surface area (Å²) in [6.07, 6.45) is 0. The standard InChI is InChI=1S/C14H11BrCl2O2/c15-10-1-3-13(4-2-10)18-5-6-19-14-8-11(16)7-12(17)9-14/h1-4,7-9H,5-6H2. The molecule has 0 aromatic heterocycles. The molecule has 0 N–H and O–H groups in total. The summed E-state index contributed by atoms with van der Waals surface area (Å²) in [5.41, 5.74) is 0. The van der Waals surface area contributed by atoms with Crippen LogP contribution in [0.2, 0.25) is 10.0 Å². The zero-order valence-corrected chi connectivity index (χ0v) is 13.0. The summed E-state index contributed by atoms with van der Waals surface area (Å²) in [7, 11) is 0. The quantitative estimate of drug-likeness (QED) is 0.680. The zero-order valence-electron chi connectivity index (χ0n) is 9.91. The lowest BCUT2D eigenvalue weighted by Crippen LogP contribution is -2.08. The van der Waals surface area contributed by atoms with Crippen molar-refractivity contribution in [3.63, 3.8) is 0 Å². The van der Waals surface area contributed by atoms with Gasteiger partial charge in [-0.15, -0.1) is 0 Å². The maximum absolute atomic E-state index is 5.87. The van der Waals surface area contributed by atoms with Crippen LogP contribution in [0.3, 0.4) is 0 Å². The average Bonchev–Trinajstić information content (AvgIpc) is 2.36. The number of hydrogen-bond acceptors (Lipinski definition) is 2. The first kappa shape index (κ1) is 14.5. The summed E-state index contributed by atoms with van der Waals surface area (Å²) >= 11 is 15.1. The molecule has 0 saturated carbocycles. The van der Waals surface area contributed by atoms with Crippen molar-refractivity contribution in [3.05, 3.63) is 57.0 Å². The van der Waals surface area contributed by atoms with Crippen molar-refractivity contribution >= 4 is 39.1 Å². The topological polar surface area (TPSA) is 18.5 Å². The van der Waals surface area contributed by atoms with Crippen molar-refractivity contribution in [1.29, 1.82) is 0 Å². The molecule has 2 rings (SSSR count). The third kappa shape index (κ3) is 4.94.